The second-order valence-electron chi connectivity index (χ2n) is 7.93. The highest BCUT2D eigenvalue weighted by molar-refractivity contribution is 5.80. The Morgan fingerprint density at radius 3 is 2.26 bits per heavy atom. The van der Waals surface area contributed by atoms with Crippen LogP contribution in [0.3, 0.4) is 0 Å². The van der Waals surface area contributed by atoms with Gasteiger partial charge < -0.3 is 5.11 Å². The second kappa shape index (κ2) is 8.37. The maximum absolute atomic E-state index is 13.7. The summed E-state index contributed by atoms with van der Waals surface area (Å²) in [6.45, 7) is 1.80. The van der Waals surface area contributed by atoms with Gasteiger partial charge in [0.25, 0.3) is 11.1 Å². The maximum atomic E-state index is 13.7. The number of phenolic OH excluding ortho intramolecular Hbond substituents is 1. The summed E-state index contributed by atoms with van der Waals surface area (Å²) in [4.78, 5) is 32.0. The first kappa shape index (κ1) is 21.2. The van der Waals surface area contributed by atoms with Gasteiger partial charge in [-0.15, -0.1) is 0 Å². The lowest BCUT2D eigenvalue weighted by molar-refractivity contribution is 0.474. The molecule has 5 aromatic rings. The molecule has 0 fully saturated rings. The summed E-state index contributed by atoms with van der Waals surface area (Å²) in [6.07, 6.45) is 3.32. The van der Waals surface area contributed by atoms with Gasteiger partial charge in [0.1, 0.15) is 17.3 Å². The van der Waals surface area contributed by atoms with Crippen molar-refractivity contribution in [3.8, 4) is 17.1 Å². The summed E-state index contributed by atoms with van der Waals surface area (Å²) in [5, 5.41) is 10.6. The molecular formula is C27H22N4O3. The zero-order valence-corrected chi connectivity index (χ0v) is 18.7. The largest absolute Gasteiger partial charge is 0.507 e. The molecule has 0 saturated heterocycles. The van der Waals surface area contributed by atoms with E-state index in [1.807, 2.05) is 36.4 Å². The molecule has 5 rings (SSSR count). The Labute approximate surface area is 195 Å². The van der Waals surface area contributed by atoms with Crippen LogP contribution in [0, 0.1) is 6.92 Å². The van der Waals surface area contributed by atoms with Crippen LogP contribution in [0.1, 0.15) is 17.1 Å². The molecule has 0 radical (unpaired) electrons. The van der Waals surface area contributed by atoms with E-state index in [9.17, 15) is 14.7 Å². The number of aromatic hydroxyl groups is 1. The van der Waals surface area contributed by atoms with Gasteiger partial charge in [-0.2, -0.15) is 0 Å². The number of hydrogen-bond donors (Lipinski definition) is 1. The Bertz CT molecular complexity index is 1670. The molecule has 34 heavy (non-hydrogen) atoms. The zero-order valence-electron chi connectivity index (χ0n) is 18.7. The highest BCUT2D eigenvalue weighted by Gasteiger charge is 2.22. The lowest BCUT2D eigenvalue weighted by Gasteiger charge is -2.10. The molecule has 7 heteroatoms. The molecular weight excluding hydrogens is 428 g/mol. The molecule has 1 N–H and O–H groups in total. The number of para-hydroxylation sites is 3. The summed E-state index contributed by atoms with van der Waals surface area (Å²) in [5.74, 6) is 0.397. The van der Waals surface area contributed by atoms with E-state index in [-0.39, 0.29) is 28.4 Å². The van der Waals surface area contributed by atoms with Crippen molar-refractivity contribution in [1.82, 2.24) is 18.9 Å². The van der Waals surface area contributed by atoms with E-state index in [0.29, 0.717) is 27.8 Å². The average Bonchev–Trinajstić information content (AvgIpc) is 3.07. The smallest absolute Gasteiger partial charge is 0.296 e. The molecule has 0 aliphatic heterocycles. The summed E-state index contributed by atoms with van der Waals surface area (Å²) in [6, 6.07) is 23.2. The third-order valence-corrected chi connectivity index (χ3v) is 5.90. The fourth-order valence-corrected chi connectivity index (χ4v) is 4.08. The summed E-state index contributed by atoms with van der Waals surface area (Å²) < 4.78 is 4.61. The number of hydrogen-bond acceptors (Lipinski definition) is 4. The highest BCUT2D eigenvalue weighted by Crippen LogP contribution is 2.21. The Morgan fingerprint density at radius 2 is 1.50 bits per heavy atom. The minimum absolute atomic E-state index is 0.107. The molecule has 3 aromatic carbocycles. The molecule has 0 bridgehead atoms. The van der Waals surface area contributed by atoms with E-state index in [4.69, 9.17) is 0 Å². The van der Waals surface area contributed by atoms with E-state index in [1.165, 1.54) is 9.25 Å². The molecule has 0 unspecified atom stereocenters. The van der Waals surface area contributed by atoms with Gasteiger partial charge in [0.15, 0.2) is 0 Å². The van der Waals surface area contributed by atoms with Gasteiger partial charge in [-0.3, -0.25) is 18.8 Å². The number of fused-ring (bicyclic) bond motifs is 1. The molecule has 0 aliphatic rings. The van der Waals surface area contributed by atoms with Gasteiger partial charge in [-0.05, 0) is 49.4 Å². The topological polar surface area (TPSA) is 82.1 Å². The summed E-state index contributed by atoms with van der Waals surface area (Å²) >= 11 is 0. The van der Waals surface area contributed by atoms with Gasteiger partial charge in [0, 0.05) is 12.6 Å². The van der Waals surface area contributed by atoms with Crippen molar-refractivity contribution in [3.05, 3.63) is 117 Å². The van der Waals surface area contributed by atoms with Crippen molar-refractivity contribution in [2.75, 3.05) is 0 Å². The van der Waals surface area contributed by atoms with Crippen LogP contribution in [0.15, 0.2) is 88.5 Å². The van der Waals surface area contributed by atoms with E-state index < -0.39 is 0 Å². The normalized spacial score (nSPS) is 11.5. The molecule has 2 heterocycles. The first-order valence-electron chi connectivity index (χ1n) is 10.8. The van der Waals surface area contributed by atoms with Crippen LogP contribution < -0.4 is 11.1 Å². The SMILES string of the molecule is Cc1c(-n2c(C=Cc3ccccc3O)nc3ccccc3c2=O)c(=O)n(-c2ccccc2)n1C. The van der Waals surface area contributed by atoms with Gasteiger partial charge in [0.05, 0.1) is 22.3 Å². The molecule has 2 aromatic heterocycles. The molecule has 0 spiro atoms. The van der Waals surface area contributed by atoms with E-state index >= 15 is 0 Å². The standard InChI is InChI=1S/C27H22N4O3/c1-18-25(27(34)31(29(18)2)20-11-4-3-5-12-20)30-24(17-16-19-10-6-9-15-23(19)32)28-22-14-8-7-13-21(22)26(30)33/h3-17,32H,1-2H3. The van der Waals surface area contributed by atoms with Gasteiger partial charge >= 0.3 is 0 Å². The van der Waals surface area contributed by atoms with Crippen molar-refractivity contribution < 1.29 is 5.11 Å². The quantitative estimate of drug-likeness (QED) is 0.448. The van der Waals surface area contributed by atoms with Gasteiger partial charge in [-0.25, -0.2) is 9.67 Å². The van der Waals surface area contributed by atoms with Crippen LogP contribution in [-0.4, -0.2) is 24.0 Å². The van der Waals surface area contributed by atoms with Crippen molar-refractivity contribution >= 4 is 23.1 Å². The van der Waals surface area contributed by atoms with Gasteiger partial charge in [0.2, 0.25) is 0 Å². The van der Waals surface area contributed by atoms with Crippen LogP contribution >= 0.6 is 0 Å². The third kappa shape index (κ3) is 3.44. The Balaban J connectivity index is 1.82. The van der Waals surface area contributed by atoms with Crippen LogP contribution in [-0.2, 0) is 7.05 Å². The lowest BCUT2D eigenvalue weighted by Crippen LogP contribution is -2.28. The van der Waals surface area contributed by atoms with Crippen LogP contribution in [0.4, 0.5) is 0 Å². The number of rotatable bonds is 4. The van der Waals surface area contributed by atoms with Crippen LogP contribution in [0.2, 0.25) is 0 Å². The van der Waals surface area contributed by atoms with E-state index in [1.54, 1.807) is 73.3 Å². The van der Waals surface area contributed by atoms with Crippen molar-refractivity contribution in [2.24, 2.45) is 7.05 Å². The number of benzene rings is 3. The maximum Gasteiger partial charge on any atom is 0.296 e. The summed E-state index contributed by atoms with van der Waals surface area (Å²) in [5.41, 5.74) is 1.96. The minimum Gasteiger partial charge on any atom is -0.507 e. The fourth-order valence-electron chi connectivity index (χ4n) is 4.08. The molecule has 0 saturated carbocycles. The Morgan fingerprint density at radius 1 is 0.824 bits per heavy atom. The second-order valence-corrected chi connectivity index (χ2v) is 7.93. The Hall–Kier alpha value is -4.65. The Kier molecular flexibility index (Phi) is 5.22. The molecule has 0 atom stereocenters. The van der Waals surface area contributed by atoms with Crippen molar-refractivity contribution in [2.45, 2.75) is 6.92 Å². The zero-order chi connectivity index (χ0) is 23.8. The lowest BCUT2D eigenvalue weighted by atomic mass is 10.2. The predicted molar refractivity (Wildman–Crippen MR) is 134 cm³/mol. The minimum atomic E-state index is -0.339. The highest BCUT2D eigenvalue weighted by atomic mass is 16.3. The summed E-state index contributed by atoms with van der Waals surface area (Å²) in [7, 11) is 1.78. The average molecular weight is 450 g/mol. The first-order chi connectivity index (χ1) is 16.5. The molecule has 0 aliphatic carbocycles. The molecule has 7 nitrogen and oxygen atoms in total. The van der Waals surface area contributed by atoms with E-state index in [2.05, 4.69) is 4.98 Å². The first-order valence-corrected chi connectivity index (χ1v) is 10.8. The van der Waals surface area contributed by atoms with Crippen LogP contribution in [0.5, 0.6) is 5.75 Å². The van der Waals surface area contributed by atoms with Crippen LogP contribution in [0.25, 0.3) is 34.4 Å². The third-order valence-electron chi connectivity index (χ3n) is 5.90. The number of nitrogens with zero attached hydrogens (tertiary/aromatic N) is 4. The van der Waals surface area contributed by atoms with Crippen molar-refractivity contribution in [3.63, 3.8) is 0 Å². The monoisotopic (exact) mass is 450 g/mol. The number of phenols is 1. The molecule has 168 valence electrons. The number of aromatic nitrogens is 4. The fraction of sp³-hybridized carbons (Fsp3) is 0.0741. The van der Waals surface area contributed by atoms with Crippen molar-refractivity contribution in [1.29, 1.82) is 0 Å². The predicted octanol–water partition coefficient (Wildman–Crippen LogP) is 4.06. The molecule has 0 amide bonds. The van der Waals surface area contributed by atoms with E-state index in [0.717, 1.165) is 0 Å². The van der Waals surface area contributed by atoms with Gasteiger partial charge in [-0.1, -0.05) is 48.5 Å².